The first-order valence-corrected chi connectivity index (χ1v) is 9.98. The molecule has 1 aromatic rings. The van der Waals surface area contributed by atoms with Gasteiger partial charge in [-0.15, -0.1) is 0 Å². The maximum absolute atomic E-state index is 13.0. The van der Waals surface area contributed by atoms with Gasteiger partial charge < -0.3 is 5.32 Å². The van der Waals surface area contributed by atoms with E-state index in [1.165, 1.54) is 16.7 Å². The first-order valence-electron chi connectivity index (χ1n) is 9.07. The van der Waals surface area contributed by atoms with Gasteiger partial charge in [-0.3, -0.25) is 9.79 Å². The lowest BCUT2D eigenvalue weighted by molar-refractivity contribution is -0.119. The average Bonchev–Trinajstić information content (AvgIpc) is 2.94. The van der Waals surface area contributed by atoms with Gasteiger partial charge in [0.25, 0.3) is 0 Å². The predicted molar refractivity (Wildman–Crippen MR) is 111 cm³/mol. The zero-order valence-corrected chi connectivity index (χ0v) is 16.6. The van der Waals surface area contributed by atoms with Crippen molar-refractivity contribution in [3.63, 3.8) is 0 Å². The highest BCUT2D eigenvalue weighted by molar-refractivity contribution is 9.09. The third-order valence-corrected chi connectivity index (χ3v) is 6.31. The maximum Gasteiger partial charge on any atom is 0.249 e. The van der Waals surface area contributed by atoms with E-state index in [1.807, 2.05) is 0 Å². The van der Waals surface area contributed by atoms with E-state index < -0.39 is 0 Å². The van der Waals surface area contributed by atoms with Crippen LogP contribution in [0, 0.1) is 6.92 Å². The molecule has 1 spiro atoms. The topological polar surface area (TPSA) is 41.5 Å². The zero-order chi connectivity index (χ0) is 18.3. The first-order chi connectivity index (χ1) is 12.5. The number of aliphatic imine (C=N–C) groups is 1. The van der Waals surface area contributed by atoms with Crippen molar-refractivity contribution >= 4 is 34.1 Å². The van der Waals surface area contributed by atoms with Crippen molar-refractivity contribution in [2.75, 3.05) is 6.54 Å². The number of benzene rings is 1. The third kappa shape index (κ3) is 3.11. The van der Waals surface area contributed by atoms with Gasteiger partial charge in [0.1, 0.15) is 0 Å². The van der Waals surface area contributed by atoms with Crippen LogP contribution in [0.2, 0.25) is 0 Å². The fourth-order valence-electron chi connectivity index (χ4n) is 4.44. The highest BCUT2D eigenvalue weighted by Gasteiger charge is 2.44. The van der Waals surface area contributed by atoms with Gasteiger partial charge >= 0.3 is 0 Å². The SMILES string of the molecule is C=NCC1=C(c2ccc(C)cc2)CC2(CC3=C(CC(Br)C=C3)C2)NC1=O. The van der Waals surface area contributed by atoms with E-state index >= 15 is 0 Å². The van der Waals surface area contributed by atoms with E-state index in [1.54, 1.807) is 0 Å². The first kappa shape index (κ1) is 17.5. The summed E-state index contributed by atoms with van der Waals surface area (Å²) in [6.45, 7) is 6.04. The molecule has 1 aliphatic heterocycles. The molecule has 0 bridgehead atoms. The molecule has 0 saturated carbocycles. The number of nitrogens with one attached hydrogen (secondary N) is 1. The molecule has 2 aliphatic carbocycles. The summed E-state index contributed by atoms with van der Waals surface area (Å²) in [6.07, 6.45) is 8.18. The molecule has 0 aromatic heterocycles. The maximum atomic E-state index is 13.0. The lowest BCUT2D eigenvalue weighted by Crippen LogP contribution is -2.51. The summed E-state index contributed by atoms with van der Waals surface area (Å²) >= 11 is 3.70. The van der Waals surface area contributed by atoms with Crippen LogP contribution in [-0.4, -0.2) is 29.5 Å². The van der Waals surface area contributed by atoms with Crippen LogP contribution < -0.4 is 5.32 Å². The molecular formula is C22H23BrN2O. The minimum atomic E-state index is -0.200. The average molecular weight is 411 g/mol. The highest BCUT2D eigenvalue weighted by Crippen LogP contribution is 2.47. The fraction of sp³-hybridized carbons (Fsp3) is 0.364. The second-order valence-corrected chi connectivity index (χ2v) is 8.85. The number of nitrogens with zero attached hydrogens (tertiary/aromatic N) is 1. The molecule has 4 heteroatoms. The van der Waals surface area contributed by atoms with Gasteiger partial charge in [-0.05, 0) is 56.0 Å². The van der Waals surface area contributed by atoms with Crippen LogP contribution in [-0.2, 0) is 4.79 Å². The number of rotatable bonds is 3. The number of amides is 1. The zero-order valence-electron chi connectivity index (χ0n) is 15.0. The van der Waals surface area contributed by atoms with Crippen molar-refractivity contribution in [1.29, 1.82) is 0 Å². The summed E-state index contributed by atoms with van der Waals surface area (Å²) in [5, 5.41) is 3.33. The van der Waals surface area contributed by atoms with Crippen LogP contribution in [0.15, 0.2) is 58.1 Å². The second kappa shape index (κ2) is 6.66. The Kier molecular flexibility index (Phi) is 4.47. The Bertz CT molecular complexity index is 863. The van der Waals surface area contributed by atoms with Gasteiger partial charge in [-0.1, -0.05) is 63.5 Å². The van der Waals surface area contributed by atoms with Crippen molar-refractivity contribution in [3.8, 4) is 0 Å². The van der Waals surface area contributed by atoms with Gasteiger partial charge in [0.2, 0.25) is 5.91 Å². The lowest BCUT2D eigenvalue weighted by Gasteiger charge is -2.37. The van der Waals surface area contributed by atoms with Crippen LogP contribution in [0.3, 0.4) is 0 Å². The van der Waals surface area contributed by atoms with Gasteiger partial charge in [-0.25, -0.2) is 0 Å². The third-order valence-electron chi connectivity index (χ3n) is 5.68. The van der Waals surface area contributed by atoms with Crippen LogP contribution >= 0.6 is 15.9 Å². The number of hydrogen-bond donors (Lipinski definition) is 1. The number of allylic oxidation sites excluding steroid dienone is 2. The molecule has 1 aromatic carbocycles. The van der Waals surface area contributed by atoms with E-state index in [0.717, 1.165) is 42.4 Å². The molecule has 1 heterocycles. The molecule has 1 amide bonds. The molecule has 1 N–H and O–H groups in total. The van der Waals surface area contributed by atoms with Crippen molar-refractivity contribution in [2.45, 2.75) is 43.0 Å². The number of aryl methyl sites for hydroxylation is 1. The molecule has 2 atom stereocenters. The molecule has 134 valence electrons. The van der Waals surface area contributed by atoms with Crippen LogP contribution in [0.1, 0.15) is 36.8 Å². The number of carbonyl (C=O) groups is 1. The second-order valence-electron chi connectivity index (χ2n) is 7.68. The standard InChI is InChI=1S/C22H23BrN2O/c1-14-3-5-15(6-4-14)19-12-22(25-21(26)20(19)13-24-2)10-16-7-8-18(23)9-17(16)11-22/h3-8,18H,2,9-13H2,1H3,(H,25,26). The van der Waals surface area contributed by atoms with Crippen LogP contribution in [0.25, 0.3) is 5.57 Å². The Morgan fingerprint density at radius 1 is 1.27 bits per heavy atom. The number of carbonyl (C=O) groups excluding carboxylic acids is 1. The Morgan fingerprint density at radius 2 is 2.04 bits per heavy atom. The quantitative estimate of drug-likeness (QED) is 0.577. The molecule has 26 heavy (non-hydrogen) atoms. The van der Waals surface area contributed by atoms with Crippen LogP contribution in [0.5, 0.6) is 0 Å². The number of halogens is 1. The number of alkyl halides is 1. The smallest absolute Gasteiger partial charge is 0.249 e. The van der Waals surface area contributed by atoms with E-state index in [9.17, 15) is 4.79 Å². The summed E-state index contributed by atoms with van der Waals surface area (Å²) in [5.41, 5.74) is 6.90. The molecule has 0 fully saturated rings. The van der Waals surface area contributed by atoms with E-state index in [2.05, 4.69) is 76.3 Å². The van der Waals surface area contributed by atoms with Crippen molar-refractivity contribution < 1.29 is 4.79 Å². The minimum absolute atomic E-state index is 0.0124. The largest absolute Gasteiger partial charge is 0.346 e. The molecule has 0 radical (unpaired) electrons. The van der Waals surface area contributed by atoms with E-state index in [0.29, 0.717) is 11.4 Å². The van der Waals surface area contributed by atoms with Gasteiger partial charge in [0, 0.05) is 10.4 Å². The van der Waals surface area contributed by atoms with Crippen LogP contribution in [0.4, 0.5) is 0 Å². The Balaban J connectivity index is 1.70. The summed E-state index contributed by atoms with van der Waals surface area (Å²) in [7, 11) is 0. The summed E-state index contributed by atoms with van der Waals surface area (Å²) in [6, 6.07) is 8.46. The number of hydrogen-bond acceptors (Lipinski definition) is 2. The van der Waals surface area contributed by atoms with Gasteiger partial charge in [0.15, 0.2) is 0 Å². The monoisotopic (exact) mass is 410 g/mol. The van der Waals surface area contributed by atoms with E-state index in [4.69, 9.17) is 0 Å². The highest BCUT2D eigenvalue weighted by atomic mass is 79.9. The molecule has 3 aliphatic rings. The summed E-state index contributed by atoms with van der Waals surface area (Å²) in [4.78, 5) is 17.4. The molecule has 4 rings (SSSR count). The minimum Gasteiger partial charge on any atom is -0.346 e. The molecule has 2 unspecified atom stereocenters. The molecule has 0 saturated heterocycles. The Hall–Kier alpha value is -1.94. The van der Waals surface area contributed by atoms with Gasteiger partial charge in [-0.2, -0.15) is 0 Å². The Labute approximate surface area is 163 Å². The van der Waals surface area contributed by atoms with E-state index in [-0.39, 0.29) is 11.4 Å². The van der Waals surface area contributed by atoms with Crippen molar-refractivity contribution in [2.24, 2.45) is 4.99 Å². The normalized spacial score (nSPS) is 27.8. The van der Waals surface area contributed by atoms with Crippen molar-refractivity contribution in [3.05, 3.63) is 64.3 Å². The Morgan fingerprint density at radius 3 is 2.77 bits per heavy atom. The summed E-state index contributed by atoms with van der Waals surface area (Å²) < 4.78 is 0. The lowest BCUT2D eigenvalue weighted by atomic mass is 9.78. The fourth-order valence-corrected chi connectivity index (χ4v) is 4.99. The van der Waals surface area contributed by atoms with Crippen molar-refractivity contribution in [1.82, 2.24) is 5.32 Å². The van der Waals surface area contributed by atoms with Gasteiger partial charge in [0.05, 0.1) is 12.1 Å². The molecular weight excluding hydrogens is 388 g/mol. The predicted octanol–water partition coefficient (Wildman–Crippen LogP) is 4.52. The summed E-state index contributed by atoms with van der Waals surface area (Å²) in [5.74, 6) is 0.0124. The molecule has 3 nitrogen and oxygen atoms in total.